The average Bonchev–Trinajstić information content (AvgIpc) is 3.42. The van der Waals surface area contributed by atoms with Crippen LogP contribution in [0.3, 0.4) is 0 Å². The van der Waals surface area contributed by atoms with Gasteiger partial charge in [-0.2, -0.15) is 0 Å². The molecule has 0 spiro atoms. The zero-order chi connectivity index (χ0) is 27.5. The van der Waals surface area contributed by atoms with Gasteiger partial charge in [-0.05, 0) is 25.2 Å². The summed E-state index contributed by atoms with van der Waals surface area (Å²) in [6.07, 6.45) is 2.92. The fraction of sp³-hybridized carbons (Fsp3) is 0.500. The van der Waals surface area contributed by atoms with E-state index in [1.807, 2.05) is 13.8 Å². The highest BCUT2D eigenvalue weighted by molar-refractivity contribution is 6.01. The molecule has 0 aliphatic carbocycles. The maximum Gasteiger partial charge on any atom is 0.255 e. The molecule has 4 N–H and O–H groups in total. The summed E-state index contributed by atoms with van der Waals surface area (Å²) in [6, 6.07) is 4.60. The van der Waals surface area contributed by atoms with Gasteiger partial charge in [0, 0.05) is 38.4 Å². The number of imidazole rings is 1. The normalized spacial score (nSPS) is 19.2. The molecule has 2 aromatic rings. The lowest BCUT2D eigenvalue weighted by Gasteiger charge is -2.26. The highest BCUT2D eigenvalue weighted by Gasteiger charge is 2.30. The van der Waals surface area contributed by atoms with Crippen molar-refractivity contribution in [2.45, 2.75) is 38.8 Å². The van der Waals surface area contributed by atoms with Crippen LogP contribution in [-0.2, 0) is 20.8 Å². The molecular formula is C26H37N7O5. The SMILES string of the molecule is CCN(CC)CCNC(=O)[C@@H]1CC(=O)N[C@@H](Cc2cnc[nH]2)C(=O)N(C)CCOc2ccccc2C(=O)N1. The maximum absolute atomic E-state index is 13.2. The summed E-state index contributed by atoms with van der Waals surface area (Å²) in [7, 11) is 1.62. The monoisotopic (exact) mass is 527 g/mol. The van der Waals surface area contributed by atoms with Crippen LogP contribution in [0.15, 0.2) is 36.8 Å². The molecule has 2 atom stereocenters. The van der Waals surface area contributed by atoms with Crippen molar-refractivity contribution in [1.29, 1.82) is 0 Å². The molecule has 38 heavy (non-hydrogen) atoms. The number of rotatable bonds is 8. The number of nitrogens with one attached hydrogen (secondary N) is 4. The number of ether oxygens (including phenoxy) is 1. The van der Waals surface area contributed by atoms with E-state index >= 15 is 0 Å². The van der Waals surface area contributed by atoms with Gasteiger partial charge in [0.1, 0.15) is 24.4 Å². The second-order valence-electron chi connectivity index (χ2n) is 9.05. The van der Waals surface area contributed by atoms with Gasteiger partial charge in [-0.25, -0.2) is 4.98 Å². The third-order valence-electron chi connectivity index (χ3n) is 6.44. The van der Waals surface area contributed by atoms with Crippen molar-refractivity contribution in [3.63, 3.8) is 0 Å². The Morgan fingerprint density at radius 1 is 1.18 bits per heavy atom. The van der Waals surface area contributed by atoms with E-state index in [4.69, 9.17) is 4.74 Å². The van der Waals surface area contributed by atoms with Crippen molar-refractivity contribution in [3.8, 4) is 5.75 Å². The van der Waals surface area contributed by atoms with Crippen molar-refractivity contribution in [2.24, 2.45) is 0 Å². The summed E-state index contributed by atoms with van der Waals surface area (Å²) in [5, 5.41) is 8.25. The molecule has 12 nitrogen and oxygen atoms in total. The highest BCUT2D eigenvalue weighted by atomic mass is 16.5. The first-order valence-electron chi connectivity index (χ1n) is 12.9. The van der Waals surface area contributed by atoms with E-state index in [1.54, 1.807) is 37.5 Å². The van der Waals surface area contributed by atoms with Crippen molar-refractivity contribution in [1.82, 2.24) is 35.7 Å². The zero-order valence-electron chi connectivity index (χ0n) is 22.2. The number of benzene rings is 1. The molecule has 1 aromatic carbocycles. The molecule has 3 rings (SSSR count). The number of likely N-dealkylation sites (N-methyl/N-ethyl adjacent to an activating group) is 2. The Bertz CT molecular complexity index is 1090. The number of fused-ring (bicyclic) bond motifs is 1. The Balaban J connectivity index is 1.84. The smallest absolute Gasteiger partial charge is 0.255 e. The van der Waals surface area contributed by atoms with Crippen LogP contribution in [0.25, 0.3) is 0 Å². The lowest BCUT2D eigenvalue weighted by atomic mass is 10.1. The maximum atomic E-state index is 13.2. The van der Waals surface area contributed by atoms with Gasteiger partial charge >= 0.3 is 0 Å². The van der Waals surface area contributed by atoms with Crippen LogP contribution in [-0.4, -0.2) is 102 Å². The first-order valence-corrected chi connectivity index (χ1v) is 12.9. The minimum atomic E-state index is -1.16. The lowest BCUT2D eigenvalue weighted by Crippen LogP contribution is -2.53. The summed E-state index contributed by atoms with van der Waals surface area (Å²) in [4.78, 5) is 63.2. The molecule has 0 saturated heterocycles. The van der Waals surface area contributed by atoms with Crippen LogP contribution in [0.4, 0.5) is 0 Å². The Labute approximate surface area is 222 Å². The number of para-hydroxylation sites is 1. The fourth-order valence-electron chi connectivity index (χ4n) is 4.15. The first-order chi connectivity index (χ1) is 18.3. The van der Waals surface area contributed by atoms with Gasteiger partial charge < -0.3 is 35.5 Å². The molecule has 4 amide bonds. The summed E-state index contributed by atoms with van der Waals surface area (Å²) in [5.74, 6) is -1.55. The molecule has 0 unspecified atom stereocenters. The van der Waals surface area contributed by atoms with Crippen LogP contribution in [0.2, 0.25) is 0 Å². The van der Waals surface area contributed by atoms with Gasteiger partial charge in [0.25, 0.3) is 5.91 Å². The second kappa shape index (κ2) is 14.1. The third-order valence-corrected chi connectivity index (χ3v) is 6.44. The van der Waals surface area contributed by atoms with E-state index in [0.717, 1.165) is 13.1 Å². The number of hydrogen-bond donors (Lipinski definition) is 4. The number of amides is 4. The number of aromatic amines is 1. The van der Waals surface area contributed by atoms with E-state index in [2.05, 4.69) is 30.8 Å². The van der Waals surface area contributed by atoms with Crippen molar-refractivity contribution in [2.75, 3.05) is 46.4 Å². The topological polar surface area (TPSA) is 149 Å². The summed E-state index contributed by atoms with van der Waals surface area (Å²) in [5.41, 5.74) is 0.902. The van der Waals surface area contributed by atoms with Gasteiger partial charge in [0.05, 0.1) is 24.9 Å². The van der Waals surface area contributed by atoms with Gasteiger partial charge in [-0.3, -0.25) is 19.2 Å². The molecule has 2 heterocycles. The molecule has 0 fully saturated rings. The summed E-state index contributed by atoms with van der Waals surface area (Å²) < 4.78 is 5.83. The Kier molecular flexibility index (Phi) is 10.6. The second-order valence-corrected chi connectivity index (χ2v) is 9.05. The molecule has 1 aliphatic heterocycles. The predicted octanol–water partition coefficient (Wildman–Crippen LogP) is -0.0655. The first kappa shape index (κ1) is 28.6. The van der Waals surface area contributed by atoms with E-state index in [0.29, 0.717) is 24.5 Å². The number of carbonyl (C=O) groups excluding carboxylic acids is 4. The Morgan fingerprint density at radius 2 is 1.95 bits per heavy atom. The van der Waals surface area contributed by atoms with Crippen LogP contribution >= 0.6 is 0 Å². The summed E-state index contributed by atoms with van der Waals surface area (Å²) in [6.45, 7) is 7.11. The van der Waals surface area contributed by atoms with Gasteiger partial charge in [-0.15, -0.1) is 0 Å². The van der Waals surface area contributed by atoms with E-state index in [1.165, 1.54) is 11.2 Å². The molecule has 0 radical (unpaired) electrons. The van der Waals surface area contributed by atoms with Crippen LogP contribution in [0, 0.1) is 0 Å². The van der Waals surface area contributed by atoms with Gasteiger partial charge in [0.2, 0.25) is 17.7 Å². The number of carbonyl (C=O) groups is 4. The highest BCUT2D eigenvalue weighted by Crippen LogP contribution is 2.18. The molecule has 0 saturated carbocycles. The molecular weight excluding hydrogens is 490 g/mol. The minimum absolute atomic E-state index is 0.131. The number of aromatic nitrogens is 2. The largest absolute Gasteiger partial charge is 0.491 e. The van der Waals surface area contributed by atoms with E-state index in [-0.39, 0.29) is 37.5 Å². The quantitative estimate of drug-likeness (QED) is 0.376. The lowest BCUT2D eigenvalue weighted by molar-refractivity contribution is -0.136. The average molecular weight is 528 g/mol. The number of nitrogens with zero attached hydrogens (tertiary/aromatic N) is 3. The molecule has 12 heteroatoms. The van der Waals surface area contributed by atoms with E-state index < -0.39 is 29.8 Å². The van der Waals surface area contributed by atoms with Crippen molar-refractivity contribution in [3.05, 3.63) is 48.0 Å². The van der Waals surface area contributed by atoms with Gasteiger partial charge in [-0.1, -0.05) is 26.0 Å². The third kappa shape index (κ3) is 8.04. The van der Waals surface area contributed by atoms with Crippen molar-refractivity contribution >= 4 is 23.6 Å². The molecule has 1 aromatic heterocycles. The molecule has 206 valence electrons. The van der Waals surface area contributed by atoms with E-state index in [9.17, 15) is 19.2 Å². The Hall–Kier alpha value is -3.93. The molecule has 1 aliphatic rings. The standard InChI is InChI=1S/C26H37N7O5/c1-4-33(5-2)11-10-28-25(36)20-15-23(34)30-21(14-18-16-27-17-29-18)26(37)32(3)12-13-38-22-9-7-6-8-19(22)24(35)31-20/h6-9,16-17,20-21H,4-5,10-15H2,1-3H3,(H,27,29)(H,28,36)(H,30,34)(H,31,35)/t20-,21-/m0/s1. The Morgan fingerprint density at radius 3 is 2.66 bits per heavy atom. The summed E-state index contributed by atoms with van der Waals surface area (Å²) >= 11 is 0. The van der Waals surface area contributed by atoms with Crippen molar-refractivity contribution < 1.29 is 23.9 Å². The predicted molar refractivity (Wildman–Crippen MR) is 140 cm³/mol. The van der Waals surface area contributed by atoms with Gasteiger partial charge in [0.15, 0.2) is 0 Å². The fourth-order valence-corrected chi connectivity index (χ4v) is 4.15. The van der Waals surface area contributed by atoms with Crippen LogP contribution in [0.5, 0.6) is 5.75 Å². The zero-order valence-corrected chi connectivity index (χ0v) is 22.2. The van der Waals surface area contributed by atoms with Crippen LogP contribution in [0.1, 0.15) is 36.3 Å². The van der Waals surface area contributed by atoms with Crippen LogP contribution < -0.4 is 20.7 Å². The minimum Gasteiger partial charge on any atom is -0.491 e. The number of hydrogen-bond acceptors (Lipinski definition) is 7. The molecule has 0 bridgehead atoms. The number of H-pyrrole nitrogens is 1.